The molecule has 2 aromatic carbocycles. The number of hydrogen-bond donors (Lipinski definition) is 0. The van der Waals surface area contributed by atoms with E-state index in [4.69, 9.17) is 4.74 Å². The summed E-state index contributed by atoms with van der Waals surface area (Å²) in [5.41, 5.74) is 3.27. The van der Waals surface area contributed by atoms with Gasteiger partial charge in [-0.1, -0.05) is 18.2 Å². The topological polar surface area (TPSA) is 46.6 Å². The lowest BCUT2D eigenvalue weighted by atomic mass is 10.1. The fourth-order valence-electron chi connectivity index (χ4n) is 3.27. The molecular formula is C22H21NO3S2. The smallest absolute Gasteiger partial charge is 0.206 e. The van der Waals surface area contributed by atoms with Crippen molar-refractivity contribution in [2.75, 3.05) is 7.11 Å². The molecule has 0 saturated heterocycles. The Labute approximate surface area is 169 Å². The molecule has 0 N–H and O–H groups in total. The van der Waals surface area contributed by atoms with E-state index in [0.29, 0.717) is 5.75 Å². The Balaban J connectivity index is 1.53. The average Bonchev–Trinajstić information content (AvgIpc) is 3.16. The van der Waals surface area contributed by atoms with Crippen molar-refractivity contribution >= 4 is 27.3 Å². The minimum absolute atomic E-state index is 0.242. The van der Waals surface area contributed by atoms with Crippen LogP contribution < -0.4 is 4.74 Å². The number of methoxy groups -OCH3 is 1. The Morgan fingerprint density at radius 2 is 1.82 bits per heavy atom. The van der Waals surface area contributed by atoms with Crippen molar-refractivity contribution in [3.63, 3.8) is 0 Å². The summed E-state index contributed by atoms with van der Waals surface area (Å²) < 4.78 is 31.2. The van der Waals surface area contributed by atoms with Gasteiger partial charge in [-0.2, -0.15) is 0 Å². The highest BCUT2D eigenvalue weighted by Gasteiger charge is 2.19. The third-order valence-corrected chi connectivity index (χ3v) is 7.59. The second-order valence-electron chi connectivity index (χ2n) is 6.80. The number of fused-ring (bicyclic) bond motifs is 1. The van der Waals surface area contributed by atoms with Crippen LogP contribution in [0.4, 0.5) is 0 Å². The van der Waals surface area contributed by atoms with Crippen LogP contribution >= 0.6 is 11.3 Å². The Morgan fingerprint density at radius 3 is 2.57 bits per heavy atom. The summed E-state index contributed by atoms with van der Waals surface area (Å²) in [5.74, 6) is 0.572. The lowest BCUT2D eigenvalue weighted by Gasteiger charge is -2.23. The number of benzene rings is 2. The van der Waals surface area contributed by atoms with E-state index in [2.05, 4.69) is 28.6 Å². The largest absolute Gasteiger partial charge is 0.496 e. The summed E-state index contributed by atoms with van der Waals surface area (Å²) in [7, 11) is -2.03. The van der Waals surface area contributed by atoms with Crippen LogP contribution in [0.2, 0.25) is 0 Å². The first-order valence-electron chi connectivity index (χ1n) is 8.94. The molecule has 2 heterocycles. The predicted molar refractivity (Wildman–Crippen MR) is 112 cm³/mol. The van der Waals surface area contributed by atoms with Crippen LogP contribution in [-0.2, 0) is 22.9 Å². The van der Waals surface area contributed by atoms with Gasteiger partial charge in [-0.05, 0) is 65.4 Å². The second-order valence-corrected chi connectivity index (χ2v) is 9.75. The molecule has 3 aromatic rings. The normalized spacial score (nSPS) is 13.4. The molecule has 0 saturated carbocycles. The van der Waals surface area contributed by atoms with Crippen molar-refractivity contribution < 1.29 is 13.2 Å². The van der Waals surface area contributed by atoms with Crippen LogP contribution in [0.3, 0.4) is 0 Å². The standard InChI is InChI=1S/C22H21NO3S2/c1-16-3-6-20(13-21(16)26-2)28(24,25)19-7-4-17(5-8-19)14-23-11-9-18-10-12-27-22(18)15-23/h3-13H,14-15H2,1-2H3. The molecule has 0 amide bonds. The number of aryl methyl sites for hydroxylation is 1. The van der Waals surface area contributed by atoms with Crippen molar-refractivity contribution in [1.82, 2.24) is 4.90 Å². The van der Waals surface area contributed by atoms with Gasteiger partial charge in [0.25, 0.3) is 0 Å². The second kappa shape index (κ2) is 7.45. The van der Waals surface area contributed by atoms with Crippen molar-refractivity contribution in [3.05, 3.63) is 81.7 Å². The van der Waals surface area contributed by atoms with E-state index >= 15 is 0 Å². The molecule has 1 aliphatic heterocycles. The van der Waals surface area contributed by atoms with Gasteiger partial charge in [-0.3, -0.25) is 0 Å². The van der Waals surface area contributed by atoms with Crippen LogP contribution in [-0.4, -0.2) is 20.4 Å². The predicted octanol–water partition coefficient (Wildman–Crippen LogP) is 4.88. The SMILES string of the molecule is COc1cc(S(=O)(=O)c2ccc(CN3C=Cc4ccsc4C3)cc2)ccc1C. The third kappa shape index (κ3) is 3.57. The molecule has 6 heteroatoms. The number of nitrogens with zero attached hydrogens (tertiary/aromatic N) is 1. The molecule has 0 bridgehead atoms. The van der Waals surface area contributed by atoms with Gasteiger partial charge in [0, 0.05) is 17.6 Å². The molecular weight excluding hydrogens is 390 g/mol. The lowest BCUT2D eigenvalue weighted by molar-refractivity contribution is 0.363. The Morgan fingerprint density at radius 1 is 1.07 bits per heavy atom. The average molecular weight is 412 g/mol. The van der Waals surface area contributed by atoms with Crippen LogP contribution in [0.25, 0.3) is 6.08 Å². The van der Waals surface area contributed by atoms with Crippen LogP contribution in [0, 0.1) is 6.92 Å². The maximum Gasteiger partial charge on any atom is 0.206 e. The third-order valence-electron chi connectivity index (χ3n) is 4.90. The highest BCUT2D eigenvalue weighted by molar-refractivity contribution is 7.91. The summed E-state index contributed by atoms with van der Waals surface area (Å²) >= 11 is 1.76. The molecule has 28 heavy (non-hydrogen) atoms. The molecule has 0 radical (unpaired) electrons. The van der Waals surface area contributed by atoms with Crippen molar-refractivity contribution in [1.29, 1.82) is 0 Å². The van der Waals surface area contributed by atoms with Crippen LogP contribution in [0.15, 0.2) is 69.9 Å². The molecule has 144 valence electrons. The molecule has 0 unspecified atom stereocenters. The number of ether oxygens (including phenoxy) is 1. The Kier molecular flexibility index (Phi) is 5.00. The van der Waals surface area contributed by atoms with Gasteiger partial charge in [-0.15, -0.1) is 11.3 Å². The minimum atomic E-state index is -3.58. The molecule has 0 spiro atoms. The zero-order valence-corrected chi connectivity index (χ0v) is 17.4. The quantitative estimate of drug-likeness (QED) is 0.600. The zero-order valence-electron chi connectivity index (χ0n) is 15.8. The van der Waals surface area contributed by atoms with Crippen LogP contribution in [0.1, 0.15) is 21.6 Å². The fraction of sp³-hybridized carbons (Fsp3) is 0.182. The lowest BCUT2D eigenvalue weighted by Crippen LogP contribution is -2.18. The van der Waals surface area contributed by atoms with Gasteiger partial charge in [-0.25, -0.2) is 8.42 Å². The molecule has 0 fully saturated rings. The molecule has 0 atom stereocenters. The fourth-order valence-corrected chi connectivity index (χ4v) is 5.44. The summed E-state index contributed by atoms with van der Waals surface area (Å²) in [4.78, 5) is 4.12. The van der Waals surface area contributed by atoms with E-state index in [-0.39, 0.29) is 9.79 Å². The van der Waals surface area contributed by atoms with Gasteiger partial charge < -0.3 is 9.64 Å². The van der Waals surface area contributed by atoms with Crippen molar-refractivity contribution in [2.24, 2.45) is 0 Å². The van der Waals surface area contributed by atoms with E-state index in [1.807, 2.05) is 19.1 Å². The molecule has 1 aliphatic rings. The van der Waals surface area contributed by atoms with E-state index in [0.717, 1.165) is 24.2 Å². The summed E-state index contributed by atoms with van der Waals surface area (Å²) in [6.45, 7) is 3.51. The number of sulfone groups is 1. The maximum absolute atomic E-state index is 12.9. The van der Waals surface area contributed by atoms with E-state index in [9.17, 15) is 8.42 Å². The number of hydrogen-bond acceptors (Lipinski definition) is 5. The molecule has 4 nitrogen and oxygen atoms in total. The molecule has 1 aromatic heterocycles. The highest BCUT2D eigenvalue weighted by atomic mass is 32.2. The summed E-state index contributed by atoms with van der Waals surface area (Å²) in [5, 5.41) is 2.11. The van der Waals surface area contributed by atoms with Gasteiger partial charge in [0.05, 0.1) is 23.4 Å². The first-order chi connectivity index (χ1) is 13.5. The van der Waals surface area contributed by atoms with Gasteiger partial charge >= 0.3 is 0 Å². The molecule has 0 aliphatic carbocycles. The van der Waals surface area contributed by atoms with E-state index in [1.54, 1.807) is 48.8 Å². The first-order valence-corrected chi connectivity index (χ1v) is 11.3. The maximum atomic E-state index is 12.9. The van der Waals surface area contributed by atoms with E-state index in [1.165, 1.54) is 10.4 Å². The van der Waals surface area contributed by atoms with Gasteiger partial charge in [0.2, 0.25) is 9.84 Å². The zero-order chi connectivity index (χ0) is 19.7. The summed E-state index contributed by atoms with van der Waals surface area (Å²) in [6, 6.07) is 14.2. The monoisotopic (exact) mass is 411 g/mol. The van der Waals surface area contributed by atoms with Crippen LogP contribution in [0.5, 0.6) is 5.75 Å². The first kappa shape index (κ1) is 18.8. The Bertz CT molecular complexity index is 1130. The number of rotatable bonds is 5. The number of thiophene rings is 1. The summed E-state index contributed by atoms with van der Waals surface area (Å²) in [6.07, 6.45) is 4.22. The van der Waals surface area contributed by atoms with Gasteiger partial charge in [0.1, 0.15) is 5.75 Å². The molecule has 4 rings (SSSR count). The minimum Gasteiger partial charge on any atom is -0.496 e. The van der Waals surface area contributed by atoms with E-state index < -0.39 is 9.84 Å². The van der Waals surface area contributed by atoms with Crippen molar-refractivity contribution in [3.8, 4) is 5.75 Å². The Hall–Kier alpha value is -2.57. The van der Waals surface area contributed by atoms with Gasteiger partial charge in [0.15, 0.2) is 0 Å². The highest BCUT2D eigenvalue weighted by Crippen LogP contribution is 2.28. The van der Waals surface area contributed by atoms with Crippen molar-refractivity contribution in [2.45, 2.75) is 29.8 Å².